The maximum atomic E-state index is 11.7. The first-order valence-corrected chi connectivity index (χ1v) is 6.86. The van der Waals surface area contributed by atoms with Crippen LogP contribution in [0.2, 0.25) is 0 Å². The van der Waals surface area contributed by atoms with Crippen LogP contribution in [0.5, 0.6) is 0 Å². The smallest absolute Gasteiger partial charge is 0.307 e. The summed E-state index contributed by atoms with van der Waals surface area (Å²) in [6.45, 7) is 10.0. The maximum absolute atomic E-state index is 11.7. The molecule has 0 amide bonds. The molecule has 98 valence electrons. The summed E-state index contributed by atoms with van der Waals surface area (Å²) in [5, 5.41) is 0. The molecule has 2 atom stereocenters. The lowest BCUT2D eigenvalue weighted by atomic mass is 9.71. The van der Waals surface area contributed by atoms with Crippen LogP contribution >= 0.6 is 0 Å². The summed E-state index contributed by atoms with van der Waals surface area (Å²) in [7, 11) is 0. The van der Waals surface area contributed by atoms with E-state index in [0.717, 1.165) is 32.5 Å². The van der Waals surface area contributed by atoms with Crippen molar-refractivity contribution in [2.24, 2.45) is 11.3 Å². The molecule has 1 saturated heterocycles. The molecule has 1 saturated carbocycles. The Bertz CT molecular complexity index is 284. The van der Waals surface area contributed by atoms with Crippen LogP contribution < -0.4 is 0 Å². The second-order valence-electron chi connectivity index (χ2n) is 6.62. The fraction of sp³-hybridized carbons (Fsp3) is 0.929. The normalized spacial score (nSPS) is 32.2. The third-order valence-electron chi connectivity index (χ3n) is 3.82. The van der Waals surface area contributed by atoms with Gasteiger partial charge in [0.1, 0.15) is 6.10 Å². The summed E-state index contributed by atoms with van der Waals surface area (Å²) in [4.78, 5) is 14.0. The Kier molecular flexibility index (Phi) is 3.76. The predicted octanol–water partition coefficient (Wildman–Crippen LogP) is 2.45. The lowest BCUT2D eigenvalue weighted by molar-refractivity contribution is -0.153. The first kappa shape index (κ1) is 12.9. The number of esters is 1. The van der Waals surface area contributed by atoms with Gasteiger partial charge in [0.05, 0.1) is 6.42 Å². The standard InChI is InChI=1S/C14H25NO2/c1-11-8-12(10-14(2,3)9-11)17-13(16)4-5-15-6-7-15/h11-12H,4-10H2,1-3H3/t11-,12-/m0/s1. The molecule has 17 heavy (non-hydrogen) atoms. The van der Waals surface area contributed by atoms with Crippen molar-refractivity contribution in [1.82, 2.24) is 4.90 Å². The van der Waals surface area contributed by atoms with Gasteiger partial charge in [-0.3, -0.25) is 4.79 Å². The highest BCUT2D eigenvalue weighted by Crippen LogP contribution is 2.39. The second kappa shape index (κ2) is 4.97. The molecular formula is C14H25NO2. The van der Waals surface area contributed by atoms with E-state index in [9.17, 15) is 4.79 Å². The van der Waals surface area contributed by atoms with E-state index < -0.39 is 0 Å². The van der Waals surface area contributed by atoms with Gasteiger partial charge in [-0.2, -0.15) is 0 Å². The van der Waals surface area contributed by atoms with Crippen LogP contribution in [0.3, 0.4) is 0 Å². The van der Waals surface area contributed by atoms with Crippen molar-refractivity contribution >= 4 is 5.97 Å². The molecule has 0 aromatic rings. The Morgan fingerprint density at radius 1 is 1.35 bits per heavy atom. The van der Waals surface area contributed by atoms with Gasteiger partial charge in [-0.05, 0) is 30.6 Å². The zero-order valence-electron chi connectivity index (χ0n) is 11.4. The Labute approximate surface area is 105 Å². The molecule has 2 fully saturated rings. The van der Waals surface area contributed by atoms with E-state index in [1.807, 2.05) is 0 Å². The number of nitrogens with zero attached hydrogens (tertiary/aromatic N) is 1. The molecule has 0 unspecified atom stereocenters. The van der Waals surface area contributed by atoms with Crippen LogP contribution in [-0.4, -0.2) is 36.6 Å². The minimum Gasteiger partial charge on any atom is -0.462 e. The first-order valence-electron chi connectivity index (χ1n) is 6.86. The average Bonchev–Trinajstić information content (AvgIpc) is 2.94. The van der Waals surface area contributed by atoms with E-state index in [2.05, 4.69) is 25.7 Å². The molecule has 1 aliphatic carbocycles. The third kappa shape index (κ3) is 4.30. The van der Waals surface area contributed by atoms with Crippen LogP contribution in [-0.2, 0) is 9.53 Å². The Morgan fingerprint density at radius 3 is 2.65 bits per heavy atom. The summed E-state index contributed by atoms with van der Waals surface area (Å²) >= 11 is 0. The van der Waals surface area contributed by atoms with E-state index in [1.165, 1.54) is 6.42 Å². The predicted molar refractivity (Wildman–Crippen MR) is 67.7 cm³/mol. The van der Waals surface area contributed by atoms with E-state index in [1.54, 1.807) is 0 Å². The number of hydrogen-bond donors (Lipinski definition) is 0. The van der Waals surface area contributed by atoms with Gasteiger partial charge in [0.15, 0.2) is 0 Å². The molecule has 3 heteroatoms. The highest BCUT2D eigenvalue weighted by molar-refractivity contribution is 5.69. The number of carbonyl (C=O) groups excluding carboxylic acids is 1. The topological polar surface area (TPSA) is 29.3 Å². The maximum Gasteiger partial charge on any atom is 0.307 e. The van der Waals surface area contributed by atoms with Gasteiger partial charge in [-0.25, -0.2) is 0 Å². The van der Waals surface area contributed by atoms with Crippen molar-refractivity contribution in [1.29, 1.82) is 0 Å². The molecule has 0 N–H and O–H groups in total. The van der Waals surface area contributed by atoms with E-state index in [-0.39, 0.29) is 12.1 Å². The average molecular weight is 239 g/mol. The van der Waals surface area contributed by atoms with Crippen LogP contribution in [0.1, 0.15) is 46.5 Å². The number of rotatable bonds is 4. The lowest BCUT2D eigenvalue weighted by Crippen LogP contribution is -2.34. The van der Waals surface area contributed by atoms with Crippen molar-refractivity contribution in [3.8, 4) is 0 Å². The number of carbonyl (C=O) groups is 1. The molecule has 1 aliphatic heterocycles. The zero-order valence-corrected chi connectivity index (χ0v) is 11.4. The van der Waals surface area contributed by atoms with Crippen molar-refractivity contribution in [2.75, 3.05) is 19.6 Å². The highest BCUT2D eigenvalue weighted by Gasteiger charge is 2.34. The Hall–Kier alpha value is -0.570. The fourth-order valence-electron chi connectivity index (χ4n) is 3.14. The van der Waals surface area contributed by atoms with Crippen LogP contribution in [0, 0.1) is 11.3 Å². The van der Waals surface area contributed by atoms with Gasteiger partial charge in [0.25, 0.3) is 0 Å². The summed E-state index contributed by atoms with van der Waals surface area (Å²) in [6.07, 6.45) is 4.02. The van der Waals surface area contributed by atoms with Gasteiger partial charge in [-0.1, -0.05) is 20.8 Å². The fourth-order valence-corrected chi connectivity index (χ4v) is 3.14. The van der Waals surface area contributed by atoms with E-state index in [0.29, 0.717) is 17.8 Å². The Morgan fingerprint density at radius 2 is 2.06 bits per heavy atom. The molecule has 0 aromatic carbocycles. The van der Waals surface area contributed by atoms with Crippen LogP contribution in [0.25, 0.3) is 0 Å². The lowest BCUT2D eigenvalue weighted by Gasteiger charge is -2.38. The van der Waals surface area contributed by atoms with Crippen molar-refractivity contribution in [3.05, 3.63) is 0 Å². The Balaban J connectivity index is 1.74. The summed E-state index contributed by atoms with van der Waals surface area (Å²) in [5.74, 6) is 0.663. The summed E-state index contributed by atoms with van der Waals surface area (Å²) in [6, 6.07) is 0. The zero-order chi connectivity index (χ0) is 12.5. The summed E-state index contributed by atoms with van der Waals surface area (Å²) < 4.78 is 5.61. The van der Waals surface area contributed by atoms with Crippen LogP contribution in [0.15, 0.2) is 0 Å². The second-order valence-corrected chi connectivity index (χ2v) is 6.62. The quantitative estimate of drug-likeness (QED) is 0.557. The molecule has 0 radical (unpaired) electrons. The molecule has 0 spiro atoms. The SMILES string of the molecule is C[C@H]1C[C@H](OC(=O)CCN2CC2)CC(C)(C)C1. The van der Waals surface area contributed by atoms with Gasteiger partial charge in [0, 0.05) is 19.6 Å². The number of ether oxygens (including phenoxy) is 1. The minimum atomic E-state index is -0.00759. The van der Waals surface area contributed by atoms with E-state index >= 15 is 0 Å². The first-order chi connectivity index (χ1) is 7.94. The largest absolute Gasteiger partial charge is 0.462 e. The molecule has 1 heterocycles. The molecular weight excluding hydrogens is 214 g/mol. The monoisotopic (exact) mass is 239 g/mol. The highest BCUT2D eigenvalue weighted by atomic mass is 16.5. The third-order valence-corrected chi connectivity index (χ3v) is 3.82. The van der Waals surface area contributed by atoms with Crippen molar-refractivity contribution < 1.29 is 9.53 Å². The van der Waals surface area contributed by atoms with Crippen molar-refractivity contribution in [2.45, 2.75) is 52.6 Å². The van der Waals surface area contributed by atoms with Gasteiger partial charge < -0.3 is 9.64 Å². The van der Waals surface area contributed by atoms with Crippen LogP contribution in [0.4, 0.5) is 0 Å². The van der Waals surface area contributed by atoms with Gasteiger partial charge in [0.2, 0.25) is 0 Å². The summed E-state index contributed by atoms with van der Waals surface area (Å²) in [5.41, 5.74) is 0.322. The molecule has 0 aromatic heterocycles. The van der Waals surface area contributed by atoms with Crippen molar-refractivity contribution in [3.63, 3.8) is 0 Å². The van der Waals surface area contributed by atoms with Gasteiger partial charge in [-0.15, -0.1) is 0 Å². The molecule has 2 aliphatic rings. The number of hydrogen-bond acceptors (Lipinski definition) is 3. The minimum absolute atomic E-state index is 0.00759. The molecule has 0 bridgehead atoms. The molecule has 3 nitrogen and oxygen atoms in total. The molecule has 2 rings (SSSR count). The van der Waals surface area contributed by atoms with Gasteiger partial charge >= 0.3 is 5.97 Å². The van der Waals surface area contributed by atoms with E-state index in [4.69, 9.17) is 4.74 Å².